The lowest BCUT2D eigenvalue weighted by atomic mass is 10.1. The molecule has 0 unspecified atom stereocenters. The smallest absolute Gasteiger partial charge is 0.306 e. The maximum absolute atomic E-state index is 11.5. The summed E-state index contributed by atoms with van der Waals surface area (Å²) in [6.45, 7) is 7.61. The van der Waals surface area contributed by atoms with E-state index in [-0.39, 0.29) is 6.03 Å². The van der Waals surface area contributed by atoms with E-state index in [0.717, 1.165) is 22.5 Å². The van der Waals surface area contributed by atoms with Gasteiger partial charge in [-0.2, -0.15) is 5.10 Å². The lowest BCUT2D eigenvalue weighted by molar-refractivity contribution is 0.252. The first-order chi connectivity index (χ1) is 7.50. The van der Waals surface area contributed by atoms with E-state index in [9.17, 15) is 4.79 Å². The van der Waals surface area contributed by atoms with E-state index < -0.39 is 0 Å². The minimum absolute atomic E-state index is 0.324. The quantitative estimate of drug-likeness (QED) is 0.583. The van der Waals surface area contributed by atoms with Crippen molar-refractivity contribution in [2.45, 2.75) is 27.7 Å². The molecule has 0 aromatic heterocycles. The van der Waals surface area contributed by atoms with Crippen LogP contribution in [0.5, 0.6) is 0 Å². The van der Waals surface area contributed by atoms with Crippen molar-refractivity contribution in [2.75, 3.05) is 5.32 Å². The molecule has 0 aliphatic rings. The number of carbonyl (C=O) groups is 1. The normalized spacial score (nSPS) is 9.50. The van der Waals surface area contributed by atoms with Gasteiger partial charge in [-0.05, 0) is 44.9 Å². The Morgan fingerprint density at radius 3 is 2.56 bits per heavy atom. The van der Waals surface area contributed by atoms with Gasteiger partial charge in [0, 0.05) is 11.4 Å². The Morgan fingerprint density at radius 2 is 1.94 bits per heavy atom. The van der Waals surface area contributed by atoms with E-state index in [1.54, 1.807) is 0 Å². The van der Waals surface area contributed by atoms with Crippen LogP contribution in [0.25, 0.3) is 0 Å². The SMILES string of the molecule is CC(C)=NNC(=O)Nc1cccc(C)c1C. The summed E-state index contributed by atoms with van der Waals surface area (Å²) in [4.78, 5) is 11.5. The van der Waals surface area contributed by atoms with E-state index >= 15 is 0 Å². The third-order valence-electron chi connectivity index (χ3n) is 2.23. The molecular formula is C12H17N3O. The number of hydrogen-bond donors (Lipinski definition) is 2. The Hall–Kier alpha value is -1.84. The second kappa shape index (κ2) is 5.30. The molecule has 86 valence electrons. The van der Waals surface area contributed by atoms with E-state index in [1.807, 2.05) is 45.9 Å². The molecule has 1 aromatic carbocycles. The number of hydrazone groups is 1. The fourth-order valence-electron chi connectivity index (χ4n) is 1.20. The number of nitrogens with zero attached hydrogens (tertiary/aromatic N) is 1. The van der Waals surface area contributed by atoms with Crippen LogP contribution in [0.3, 0.4) is 0 Å². The first-order valence-electron chi connectivity index (χ1n) is 5.15. The number of aryl methyl sites for hydroxylation is 1. The summed E-state index contributed by atoms with van der Waals surface area (Å²) in [6.07, 6.45) is 0. The third kappa shape index (κ3) is 3.38. The monoisotopic (exact) mass is 219 g/mol. The highest BCUT2D eigenvalue weighted by molar-refractivity contribution is 5.91. The average Bonchev–Trinajstić information content (AvgIpc) is 2.22. The molecule has 0 radical (unpaired) electrons. The molecule has 0 saturated heterocycles. The number of rotatable bonds is 2. The number of carbonyl (C=O) groups excluding carboxylic acids is 1. The molecule has 0 heterocycles. The van der Waals surface area contributed by atoms with Gasteiger partial charge in [0.2, 0.25) is 0 Å². The van der Waals surface area contributed by atoms with Crippen LogP contribution in [0.15, 0.2) is 23.3 Å². The number of anilines is 1. The van der Waals surface area contributed by atoms with Crippen LogP contribution < -0.4 is 10.7 Å². The van der Waals surface area contributed by atoms with E-state index in [0.29, 0.717) is 0 Å². The molecule has 0 spiro atoms. The van der Waals surface area contributed by atoms with Crippen molar-refractivity contribution in [2.24, 2.45) is 5.10 Å². The minimum atomic E-state index is -0.324. The van der Waals surface area contributed by atoms with E-state index in [4.69, 9.17) is 0 Å². The number of urea groups is 1. The average molecular weight is 219 g/mol. The van der Waals surface area contributed by atoms with E-state index in [2.05, 4.69) is 15.8 Å². The molecule has 0 bridgehead atoms. The van der Waals surface area contributed by atoms with Crippen molar-refractivity contribution in [3.63, 3.8) is 0 Å². The summed E-state index contributed by atoms with van der Waals surface area (Å²) in [5.74, 6) is 0. The van der Waals surface area contributed by atoms with Crippen LogP contribution in [0.4, 0.5) is 10.5 Å². The molecule has 0 fully saturated rings. The highest BCUT2D eigenvalue weighted by Gasteiger charge is 2.04. The van der Waals surface area contributed by atoms with Crippen LogP contribution in [0, 0.1) is 13.8 Å². The summed E-state index contributed by atoms with van der Waals surface area (Å²) in [7, 11) is 0. The van der Waals surface area contributed by atoms with Crippen molar-refractivity contribution in [1.82, 2.24) is 5.43 Å². The molecule has 4 nitrogen and oxygen atoms in total. The summed E-state index contributed by atoms with van der Waals surface area (Å²) in [5.41, 5.74) is 6.23. The predicted molar refractivity (Wildman–Crippen MR) is 66.9 cm³/mol. The van der Waals surface area contributed by atoms with Gasteiger partial charge in [-0.3, -0.25) is 0 Å². The molecule has 16 heavy (non-hydrogen) atoms. The number of benzene rings is 1. The van der Waals surface area contributed by atoms with Gasteiger partial charge < -0.3 is 5.32 Å². The minimum Gasteiger partial charge on any atom is -0.306 e. The zero-order chi connectivity index (χ0) is 12.1. The van der Waals surface area contributed by atoms with Gasteiger partial charge in [0.25, 0.3) is 0 Å². The van der Waals surface area contributed by atoms with Gasteiger partial charge in [0.1, 0.15) is 0 Å². The summed E-state index contributed by atoms with van der Waals surface area (Å²) >= 11 is 0. The molecule has 2 amide bonds. The Bertz CT molecular complexity index is 420. The first kappa shape index (κ1) is 12.2. The lowest BCUT2D eigenvalue weighted by Crippen LogP contribution is -2.25. The van der Waals surface area contributed by atoms with E-state index in [1.165, 1.54) is 0 Å². The Morgan fingerprint density at radius 1 is 1.25 bits per heavy atom. The van der Waals surface area contributed by atoms with Crippen LogP contribution in [0.1, 0.15) is 25.0 Å². The lowest BCUT2D eigenvalue weighted by Gasteiger charge is -2.09. The van der Waals surface area contributed by atoms with Crippen molar-refractivity contribution < 1.29 is 4.79 Å². The zero-order valence-corrected chi connectivity index (χ0v) is 10.1. The molecule has 0 saturated carbocycles. The molecule has 0 atom stereocenters. The van der Waals surface area contributed by atoms with Crippen LogP contribution in [0.2, 0.25) is 0 Å². The van der Waals surface area contributed by atoms with Crippen LogP contribution >= 0.6 is 0 Å². The van der Waals surface area contributed by atoms with Crippen molar-refractivity contribution in [3.8, 4) is 0 Å². The van der Waals surface area contributed by atoms with Gasteiger partial charge in [-0.15, -0.1) is 0 Å². The third-order valence-corrected chi connectivity index (χ3v) is 2.23. The zero-order valence-electron chi connectivity index (χ0n) is 10.1. The van der Waals surface area contributed by atoms with Gasteiger partial charge in [0.05, 0.1) is 0 Å². The molecule has 2 N–H and O–H groups in total. The van der Waals surface area contributed by atoms with Gasteiger partial charge >= 0.3 is 6.03 Å². The van der Waals surface area contributed by atoms with Crippen molar-refractivity contribution >= 4 is 17.4 Å². The fourth-order valence-corrected chi connectivity index (χ4v) is 1.20. The number of hydrogen-bond acceptors (Lipinski definition) is 2. The Kier molecular flexibility index (Phi) is 4.05. The Balaban J connectivity index is 2.70. The second-order valence-electron chi connectivity index (χ2n) is 3.87. The highest BCUT2D eigenvalue weighted by Crippen LogP contribution is 2.17. The van der Waals surface area contributed by atoms with Gasteiger partial charge in [-0.1, -0.05) is 12.1 Å². The molecule has 0 aliphatic carbocycles. The van der Waals surface area contributed by atoms with Crippen LogP contribution in [-0.2, 0) is 0 Å². The molecular weight excluding hydrogens is 202 g/mol. The van der Waals surface area contributed by atoms with Gasteiger partial charge in [0.15, 0.2) is 0 Å². The molecule has 4 heteroatoms. The summed E-state index contributed by atoms with van der Waals surface area (Å²) in [6, 6.07) is 5.46. The standard InChI is InChI=1S/C12H17N3O/c1-8(2)14-15-12(16)13-11-7-5-6-9(3)10(11)4/h5-7H,1-4H3,(H2,13,15,16). The maximum Gasteiger partial charge on any atom is 0.339 e. The van der Waals surface area contributed by atoms with Crippen molar-refractivity contribution in [1.29, 1.82) is 0 Å². The maximum atomic E-state index is 11.5. The summed E-state index contributed by atoms with van der Waals surface area (Å²) in [5, 5.41) is 6.58. The second-order valence-corrected chi connectivity index (χ2v) is 3.87. The van der Waals surface area contributed by atoms with Crippen LogP contribution in [-0.4, -0.2) is 11.7 Å². The number of nitrogens with one attached hydrogen (secondary N) is 2. The highest BCUT2D eigenvalue weighted by atomic mass is 16.2. The Labute approximate surface area is 95.7 Å². The number of amides is 2. The van der Waals surface area contributed by atoms with Gasteiger partial charge in [-0.25, -0.2) is 10.2 Å². The molecule has 1 aromatic rings. The predicted octanol–water partition coefficient (Wildman–Crippen LogP) is 2.82. The van der Waals surface area contributed by atoms with Crippen molar-refractivity contribution in [3.05, 3.63) is 29.3 Å². The molecule has 1 rings (SSSR count). The first-order valence-corrected chi connectivity index (χ1v) is 5.15. The summed E-state index contributed by atoms with van der Waals surface area (Å²) < 4.78 is 0. The largest absolute Gasteiger partial charge is 0.339 e. The molecule has 0 aliphatic heterocycles. The fraction of sp³-hybridized carbons (Fsp3) is 0.333. The topological polar surface area (TPSA) is 53.5 Å².